The van der Waals surface area contributed by atoms with E-state index >= 15 is 0 Å². The predicted octanol–water partition coefficient (Wildman–Crippen LogP) is 5.15. The second-order valence-corrected chi connectivity index (χ2v) is 9.88. The first-order valence-corrected chi connectivity index (χ1v) is 10.3. The molecule has 3 N–H and O–H groups in total. The van der Waals surface area contributed by atoms with Crippen molar-refractivity contribution in [3.63, 3.8) is 0 Å². The Bertz CT molecular complexity index is 1040. The topological polar surface area (TPSA) is 138 Å². The number of phenolic OH excluding ortho intramolecular Hbond substituents is 1. The van der Waals surface area contributed by atoms with Crippen molar-refractivity contribution in [1.82, 2.24) is 0 Å². The third kappa shape index (κ3) is 5.09. The molecule has 9 heteroatoms. The second-order valence-electron chi connectivity index (χ2n) is 9.64. The molecule has 1 aliphatic rings. The zero-order chi connectivity index (χ0) is 23.7. The molecule has 0 saturated heterocycles. The summed E-state index contributed by atoms with van der Waals surface area (Å²) in [6.07, 6.45) is 1.92. The molecule has 2 rings (SSSR count). The Morgan fingerprint density at radius 1 is 1.23 bits per heavy atom. The monoisotopic (exact) mass is 444 g/mol. The smallest absolute Gasteiger partial charge is 0.249 e. The lowest BCUT2D eigenvalue weighted by atomic mass is 9.73. The molecule has 0 spiro atoms. The fourth-order valence-electron chi connectivity index (χ4n) is 3.68. The van der Waals surface area contributed by atoms with Gasteiger partial charge >= 0.3 is 0 Å². The Labute approximate surface area is 184 Å². The van der Waals surface area contributed by atoms with Gasteiger partial charge < -0.3 is 15.4 Å². The van der Waals surface area contributed by atoms with Gasteiger partial charge in [-0.1, -0.05) is 41.5 Å². The van der Waals surface area contributed by atoms with Gasteiger partial charge in [-0.15, -0.1) is 0 Å². The van der Waals surface area contributed by atoms with Crippen LogP contribution in [0, 0.1) is 5.41 Å². The number of azide groups is 1. The van der Waals surface area contributed by atoms with E-state index in [2.05, 4.69) is 19.5 Å². The van der Waals surface area contributed by atoms with E-state index in [1.807, 2.05) is 41.5 Å². The summed E-state index contributed by atoms with van der Waals surface area (Å²) in [5.74, 6) is -1.35. The number of hydrogen-bond donors (Lipinski definition) is 2. The molecule has 1 aromatic rings. The van der Waals surface area contributed by atoms with E-state index in [9.17, 15) is 14.7 Å². The lowest BCUT2D eigenvalue weighted by Gasteiger charge is -2.34. The minimum Gasteiger partial charge on any atom is -0.507 e. The maximum absolute atomic E-state index is 12.4. The van der Waals surface area contributed by atoms with Crippen LogP contribution in [0.25, 0.3) is 10.4 Å². The van der Waals surface area contributed by atoms with E-state index in [-0.39, 0.29) is 23.1 Å². The normalized spacial score (nSPS) is 17.0. The Balaban J connectivity index is 2.89. The van der Waals surface area contributed by atoms with Crippen LogP contribution in [-0.4, -0.2) is 16.9 Å². The molecule has 2 unspecified atom stereocenters. The lowest BCUT2D eigenvalue weighted by Crippen LogP contribution is -2.25. The molecule has 2 atom stereocenters. The van der Waals surface area contributed by atoms with Gasteiger partial charge in [-0.3, -0.25) is 9.59 Å². The molecule has 0 fully saturated rings. The second kappa shape index (κ2) is 8.74. The number of rotatable bonds is 4. The van der Waals surface area contributed by atoms with Crippen LogP contribution in [0.5, 0.6) is 5.75 Å². The largest absolute Gasteiger partial charge is 0.507 e. The minimum absolute atomic E-state index is 0.00600. The van der Waals surface area contributed by atoms with Crippen LogP contribution in [-0.2, 0) is 14.7 Å². The fourth-order valence-corrected chi connectivity index (χ4v) is 3.97. The third-order valence-corrected chi connectivity index (χ3v) is 5.54. The standard InChI is InChI=1S/C22H29N4O4P/c1-21(2,3)15-10-12(20(29)25-26-24)8-13(17(15)27)14-7-11(19(23)28)9-16(18(14)30-31)22(4,5)6/h8-10,14,27H,7,31H2,1-6H3,(H2,23,28). The summed E-state index contributed by atoms with van der Waals surface area (Å²) < 4.78 is 5.68. The molecule has 0 saturated carbocycles. The average molecular weight is 444 g/mol. The van der Waals surface area contributed by atoms with E-state index in [1.54, 1.807) is 6.08 Å². The van der Waals surface area contributed by atoms with Gasteiger partial charge in [-0.25, -0.2) is 0 Å². The maximum Gasteiger partial charge on any atom is 0.249 e. The molecular weight excluding hydrogens is 415 g/mol. The van der Waals surface area contributed by atoms with Crippen LogP contribution in [0.4, 0.5) is 0 Å². The third-order valence-electron chi connectivity index (χ3n) is 5.28. The first kappa shape index (κ1) is 24.4. The van der Waals surface area contributed by atoms with E-state index in [4.69, 9.17) is 15.8 Å². The molecule has 0 aliphatic heterocycles. The highest BCUT2D eigenvalue weighted by atomic mass is 31.0. The van der Waals surface area contributed by atoms with Gasteiger partial charge in [0.15, 0.2) is 0 Å². The number of primary amides is 1. The summed E-state index contributed by atoms with van der Waals surface area (Å²) >= 11 is 0. The van der Waals surface area contributed by atoms with E-state index in [1.165, 1.54) is 12.1 Å². The zero-order valence-electron chi connectivity index (χ0n) is 18.7. The van der Waals surface area contributed by atoms with Crippen molar-refractivity contribution in [2.24, 2.45) is 16.3 Å². The van der Waals surface area contributed by atoms with Gasteiger partial charge in [-0.2, -0.15) is 0 Å². The molecule has 1 aliphatic carbocycles. The fraction of sp³-hybridized carbons (Fsp3) is 0.455. The van der Waals surface area contributed by atoms with Crippen LogP contribution in [0.1, 0.15) is 75.4 Å². The highest BCUT2D eigenvalue weighted by Gasteiger charge is 2.36. The van der Waals surface area contributed by atoms with Crippen molar-refractivity contribution in [3.8, 4) is 5.75 Å². The molecule has 0 radical (unpaired) electrons. The number of nitrogens with zero attached hydrogens (tertiary/aromatic N) is 3. The van der Waals surface area contributed by atoms with E-state index < -0.39 is 23.1 Å². The summed E-state index contributed by atoms with van der Waals surface area (Å²) in [7, 11) is 2.22. The van der Waals surface area contributed by atoms with Gasteiger partial charge in [0.25, 0.3) is 0 Å². The number of allylic oxidation sites excluding steroid dienone is 3. The molecule has 166 valence electrons. The van der Waals surface area contributed by atoms with Gasteiger partial charge in [-0.05, 0) is 51.7 Å². The first-order chi connectivity index (χ1) is 14.2. The van der Waals surface area contributed by atoms with Crippen LogP contribution >= 0.6 is 9.47 Å². The zero-order valence-corrected chi connectivity index (χ0v) is 19.8. The van der Waals surface area contributed by atoms with Crippen molar-refractivity contribution in [2.45, 2.75) is 59.3 Å². The predicted molar refractivity (Wildman–Crippen MR) is 122 cm³/mol. The quantitative estimate of drug-likeness (QED) is 0.287. The Kier molecular flexibility index (Phi) is 6.89. The van der Waals surface area contributed by atoms with Crippen molar-refractivity contribution < 1.29 is 19.2 Å². The molecule has 0 bridgehead atoms. The summed E-state index contributed by atoms with van der Waals surface area (Å²) in [5.41, 5.74) is 15.6. The summed E-state index contributed by atoms with van der Waals surface area (Å²) in [6.45, 7) is 11.6. The molecule has 0 aromatic heterocycles. The van der Waals surface area contributed by atoms with Crippen molar-refractivity contribution in [3.05, 3.63) is 62.2 Å². The number of carbonyl (C=O) groups is 2. The van der Waals surface area contributed by atoms with Crippen molar-refractivity contribution in [2.75, 3.05) is 0 Å². The number of phenols is 1. The summed E-state index contributed by atoms with van der Waals surface area (Å²) in [5, 5.41) is 14.4. The molecule has 2 amide bonds. The van der Waals surface area contributed by atoms with Gasteiger partial charge in [0.05, 0.1) is 9.47 Å². The summed E-state index contributed by atoms with van der Waals surface area (Å²) in [6, 6.07) is 3.01. The lowest BCUT2D eigenvalue weighted by molar-refractivity contribution is -0.114. The van der Waals surface area contributed by atoms with Crippen LogP contribution in [0.15, 0.2) is 40.2 Å². The Morgan fingerprint density at radius 3 is 2.29 bits per heavy atom. The number of hydrogen-bond acceptors (Lipinski definition) is 4. The highest BCUT2D eigenvalue weighted by Crippen LogP contribution is 2.48. The average Bonchev–Trinajstić information content (AvgIpc) is 2.65. The highest BCUT2D eigenvalue weighted by molar-refractivity contribution is 7.10. The van der Waals surface area contributed by atoms with Crippen LogP contribution in [0.2, 0.25) is 0 Å². The molecule has 31 heavy (non-hydrogen) atoms. The van der Waals surface area contributed by atoms with Crippen LogP contribution in [0.3, 0.4) is 0 Å². The number of aromatic hydroxyl groups is 1. The molecule has 0 heterocycles. The molecule has 8 nitrogen and oxygen atoms in total. The number of amides is 2. The summed E-state index contributed by atoms with van der Waals surface area (Å²) in [4.78, 5) is 27.1. The van der Waals surface area contributed by atoms with Crippen molar-refractivity contribution in [1.29, 1.82) is 0 Å². The van der Waals surface area contributed by atoms with Gasteiger partial charge in [0, 0.05) is 33.1 Å². The molecule has 1 aromatic carbocycles. The maximum atomic E-state index is 12.4. The number of carbonyl (C=O) groups excluding carboxylic acids is 2. The number of benzene rings is 1. The minimum atomic E-state index is -0.760. The van der Waals surface area contributed by atoms with Crippen molar-refractivity contribution >= 4 is 21.3 Å². The molecular formula is C22H29N4O4P. The van der Waals surface area contributed by atoms with E-state index in [0.29, 0.717) is 22.5 Å². The van der Waals surface area contributed by atoms with Gasteiger partial charge in [0.2, 0.25) is 11.8 Å². The van der Waals surface area contributed by atoms with Gasteiger partial charge in [0.1, 0.15) is 11.5 Å². The van der Waals surface area contributed by atoms with E-state index in [0.717, 1.165) is 5.57 Å². The Hall–Kier alpha value is -2.82. The first-order valence-electron chi connectivity index (χ1n) is 9.81. The Morgan fingerprint density at radius 2 is 1.84 bits per heavy atom. The van der Waals surface area contributed by atoms with Crippen LogP contribution < -0.4 is 5.73 Å². The number of nitrogens with two attached hydrogens (primary N) is 1. The SMILES string of the molecule is CC(C)(C)C1=C(OP)C(c2cc(C(=O)N=[N+]=[N-])cc(C(C)(C)C)c2O)CC(C(N)=O)=C1.